The number of ether oxygens (including phenoxy) is 8. The van der Waals surface area contributed by atoms with Crippen LogP contribution >= 0.6 is 0 Å². The number of esters is 8. The molecule has 0 radical (unpaired) electrons. The minimum atomic E-state index is -4.53. The molecule has 128 heavy (non-hydrogen) atoms. The van der Waals surface area contributed by atoms with Crippen LogP contribution in [0.1, 0.15) is 337 Å². The third kappa shape index (κ3) is 18.3. The predicted octanol–water partition coefficient (Wildman–Crippen LogP) is 17.0. The monoisotopic (exact) mass is 1810 g/mol. The van der Waals surface area contributed by atoms with Crippen molar-refractivity contribution in [1.29, 1.82) is 0 Å². The molecule has 19 aliphatic rings. The number of carbonyl (C=O) groups excluding carboxylic acids is 8. The fourth-order valence-corrected chi connectivity index (χ4v) is 31.5. The molecule has 28 heteroatoms. The van der Waals surface area contributed by atoms with Crippen molar-refractivity contribution in [2.24, 2.45) is 114 Å². The quantitative estimate of drug-likeness (QED) is 0.0373. The van der Waals surface area contributed by atoms with Crippen LogP contribution in [0.15, 0.2) is 68.6 Å². The Bertz CT molecular complexity index is 4570. The van der Waals surface area contributed by atoms with E-state index >= 15 is 19.2 Å². The number of rotatable bonds is 34. The smallest absolute Gasteiger partial charge is 0.358 e. The lowest BCUT2D eigenvalue weighted by Crippen LogP contribution is -2.61. The van der Waals surface area contributed by atoms with Gasteiger partial charge >= 0.3 is 68.0 Å². The first-order valence-corrected chi connectivity index (χ1v) is 51.2. The topological polar surface area (TPSA) is 362 Å². The summed E-state index contributed by atoms with van der Waals surface area (Å²) in [4.78, 5) is 118. The molecule has 16 bridgehead atoms. The number of hydrogen-bond donors (Lipinski definition) is 2. The van der Waals surface area contributed by atoms with Crippen LogP contribution < -0.4 is 0 Å². The van der Waals surface area contributed by atoms with Crippen molar-refractivity contribution in [2.45, 2.75) is 382 Å². The second-order valence-electron chi connectivity index (χ2n) is 46.8. The van der Waals surface area contributed by atoms with Crippen molar-refractivity contribution >= 4 is 79.4 Å². The second-order valence-corrected chi connectivity index (χ2v) is 49.9. The van der Waals surface area contributed by atoms with Crippen molar-refractivity contribution in [3.63, 3.8) is 0 Å². The molecule has 26 nitrogen and oxygen atoms in total. The zero-order valence-corrected chi connectivity index (χ0v) is 78.9. The van der Waals surface area contributed by atoms with Gasteiger partial charge in [-0.05, 0) is 393 Å². The summed E-state index contributed by atoms with van der Waals surface area (Å²) in [6.07, 6.45) is 17.0. The van der Waals surface area contributed by atoms with Gasteiger partial charge in [0.05, 0.1) is 68.3 Å². The Morgan fingerprint density at radius 2 is 0.719 bits per heavy atom. The van der Waals surface area contributed by atoms with Crippen LogP contribution in [0.25, 0.3) is 0 Å². The first kappa shape index (κ1) is 92.8. The van der Waals surface area contributed by atoms with Crippen molar-refractivity contribution in [2.75, 3.05) is 13.2 Å². The number of benzene rings is 2. The number of oxime groups is 2. The highest BCUT2D eigenvalue weighted by Crippen LogP contribution is 2.66. The van der Waals surface area contributed by atoms with Crippen LogP contribution in [0.4, 0.5) is 0 Å². The Morgan fingerprint density at radius 3 is 1.00 bits per heavy atom. The lowest BCUT2D eigenvalue weighted by Gasteiger charge is -2.59. The largest absolute Gasteiger partial charge is 0.463 e. The highest BCUT2D eigenvalue weighted by Gasteiger charge is 2.66. The van der Waals surface area contributed by atoms with Gasteiger partial charge in [0.1, 0.15) is 32.2 Å². The third-order valence-corrected chi connectivity index (χ3v) is 37.1. The lowest BCUT2D eigenvalue weighted by atomic mass is 9.50. The van der Waals surface area contributed by atoms with Gasteiger partial charge in [-0.3, -0.25) is 37.3 Å². The van der Waals surface area contributed by atoms with Crippen molar-refractivity contribution in [3.05, 3.63) is 59.7 Å². The van der Waals surface area contributed by atoms with E-state index in [0.29, 0.717) is 123 Å². The van der Waals surface area contributed by atoms with Crippen molar-refractivity contribution < 1.29 is 112 Å². The Kier molecular flexibility index (Phi) is 24.3. The van der Waals surface area contributed by atoms with Crippen LogP contribution in [-0.2, 0) is 105 Å². The summed E-state index contributed by atoms with van der Waals surface area (Å²) >= 11 is 0. The van der Waals surface area contributed by atoms with Crippen LogP contribution in [0.2, 0.25) is 0 Å². The molecule has 2 aliphatic heterocycles. The SMILES string of the molecule is CCC(CC(C)(CC(C)(CC(C)(C)C(=O)OC1(C)C2CC3CC(C2)CC1C3)C(=O)OC1CCOC1=O)C(=O)OC12CC3CC(CC(O)(C3)C1)C2)c1ccc(S(=O)(=O)ON=C2CCC(=NOS(=O)(=O)c3ccc(C(CC)CC(C)(CC(C)(CC(C)(C)C(=O)OC4(C)C5CC6CC(C5)CC4C6)C(=O)OC4CCOC4=O)C(=O)OC45CC6CC(CC(O)(C6)C4)C5)cc3)CC2)cc1. The summed E-state index contributed by atoms with van der Waals surface area (Å²) < 4.78 is 117. The van der Waals surface area contributed by atoms with Crippen LogP contribution in [-0.4, -0.2) is 145 Å². The van der Waals surface area contributed by atoms with Gasteiger partial charge in [0.25, 0.3) is 0 Å². The molecule has 2 aromatic carbocycles. The minimum absolute atomic E-state index is 0.0631. The summed E-state index contributed by atoms with van der Waals surface area (Å²) in [5.41, 5.74) is -11.9. The number of nitrogens with zero attached hydrogens (tertiary/aromatic N) is 2. The van der Waals surface area contributed by atoms with E-state index in [1.807, 2.05) is 13.8 Å². The zero-order chi connectivity index (χ0) is 91.3. The van der Waals surface area contributed by atoms with Crippen molar-refractivity contribution in [1.82, 2.24) is 0 Å². The molecule has 17 saturated carbocycles. The normalized spacial score (nSPS) is 37.0. The minimum Gasteiger partial charge on any atom is -0.463 e. The summed E-state index contributed by atoms with van der Waals surface area (Å²) in [5.74, 6) is -1.71. The molecule has 21 rings (SSSR count). The molecule has 17 aliphatic carbocycles. The van der Waals surface area contributed by atoms with Gasteiger partial charge in [0.15, 0.2) is 0 Å². The maximum atomic E-state index is 15.8. The summed E-state index contributed by atoms with van der Waals surface area (Å²) in [7, 11) is -9.06. The van der Waals surface area contributed by atoms with Gasteiger partial charge < -0.3 is 48.1 Å². The molecule has 704 valence electrons. The first-order valence-electron chi connectivity index (χ1n) is 48.4. The van der Waals surface area contributed by atoms with Gasteiger partial charge in [-0.2, -0.15) is 16.8 Å². The average Bonchev–Trinajstić information content (AvgIpc) is 0.776. The van der Waals surface area contributed by atoms with E-state index in [2.05, 4.69) is 24.2 Å². The number of hydrogen-bond acceptors (Lipinski definition) is 26. The molecule has 2 saturated heterocycles. The van der Waals surface area contributed by atoms with E-state index in [1.165, 1.54) is 37.1 Å². The summed E-state index contributed by atoms with van der Waals surface area (Å²) in [6.45, 7) is 22.2. The zero-order valence-electron chi connectivity index (χ0n) is 77.3. The molecule has 2 heterocycles. The Hall–Kier alpha value is -7.04. The average molecular weight is 1820 g/mol. The molecule has 2 N–H and O–H groups in total. The van der Waals surface area contributed by atoms with E-state index in [1.54, 1.807) is 79.7 Å². The third-order valence-electron chi connectivity index (χ3n) is 34.9. The number of carbonyl (C=O) groups is 8. The Labute approximate surface area is 755 Å². The standard InChI is InChI=1S/C100H138N2O24S2/c1-13-67(51-91(7,87(109)123-99-47-63-33-64(48-99)44-97(111,43-63)57-99)55-93(9,85(107)119-79-27-29-117-81(79)103)53-89(3,4)83(105)121-95(11)71-35-59-31-60(37-71)38-72(95)36-59)69-15-23-77(24-16-69)127(113,114)125-101-75-19-21-76(22-20-75)102-126-128(115,116)78-25-17-70(18-26-78)68(14-2)52-92(8,88(110)124-100-49-65-34-66(50-100)46-98(112,45-65)58-100)56-94(10,86(108)120-80-28-30-118-82(80)104)54-90(5,6)84(106)122-96(12)73-39-61-32-62(41-73)42-74(96)40-61/h15-18,23-26,59-68,71-74,79-80,111-112H,13-14,19-22,27-58H2,1-12H3. The Morgan fingerprint density at radius 1 is 0.414 bits per heavy atom. The van der Waals surface area contributed by atoms with E-state index in [9.17, 15) is 46.2 Å². The molecule has 12 atom stereocenters. The fourth-order valence-electron chi connectivity index (χ4n) is 30.0. The molecule has 12 unspecified atom stereocenters. The van der Waals surface area contributed by atoms with Crippen LogP contribution in [0.5, 0.6) is 0 Å². The fraction of sp³-hybridized carbons (Fsp3) is 0.780. The van der Waals surface area contributed by atoms with E-state index < -0.39 is 158 Å². The highest BCUT2D eigenvalue weighted by atomic mass is 32.2. The van der Waals surface area contributed by atoms with Gasteiger partial charge in [0.2, 0.25) is 12.2 Å². The molecule has 0 aromatic heterocycles. The maximum Gasteiger partial charge on any atom is 0.358 e. The van der Waals surface area contributed by atoms with Gasteiger partial charge in [-0.1, -0.05) is 48.4 Å². The first-order chi connectivity index (χ1) is 60.0. The van der Waals surface area contributed by atoms with Crippen molar-refractivity contribution in [3.8, 4) is 0 Å². The van der Waals surface area contributed by atoms with Crippen LogP contribution in [0.3, 0.4) is 0 Å². The summed E-state index contributed by atoms with van der Waals surface area (Å²) in [5, 5.41) is 32.0. The van der Waals surface area contributed by atoms with Gasteiger partial charge in [0, 0.05) is 25.7 Å². The molecular weight excluding hydrogens is 1680 g/mol. The second kappa shape index (κ2) is 33.5. The number of aliphatic hydroxyl groups is 2. The van der Waals surface area contributed by atoms with Gasteiger partial charge in [-0.25, -0.2) is 9.59 Å². The highest BCUT2D eigenvalue weighted by molar-refractivity contribution is 7.87. The molecule has 0 spiro atoms. The van der Waals surface area contributed by atoms with Gasteiger partial charge in [-0.15, -0.1) is 0 Å². The number of cyclic esters (lactones) is 2. The summed E-state index contributed by atoms with van der Waals surface area (Å²) in [6, 6.07) is 12.3. The predicted molar refractivity (Wildman–Crippen MR) is 467 cm³/mol. The molecule has 19 fully saturated rings. The maximum absolute atomic E-state index is 15.8. The van der Waals surface area contributed by atoms with E-state index in [0.717, 1.165) is 64.2 Å². The Balaban J connectivity index is 0.560. The molecule has 0 amide bonds. The van der Waals surface area contributed by atoms with E-state index in [4.69, 9.17) is 46.5 Å². The van der Waals surface area contributed by atoms with Crippen LogP contribution in [0, 0.1) is 104 Å². The lowest BCUT2D eigenvalue weighted by molar-refractivity contribution is -0.229. The molecular formula is C100H138N2O24S2. The molecule has 2 aromatic rings. The van der Waals surface area contributed by atoms with E-state index in [-0.39, 0.29) is 147 Å².